The van der Waals surface area contributed by atoms with E-state index in [9.17, 15) is 10.2 Å². The van der Waals surface area contributed by atoms with Crippen LogP contribution in [-0.2, 0) is 0 Å². The zero-order valence-electron chi connectivity index (χ0n) is 11.5. The van der Waals surface area contributed by atoms with Crippen LogP contribution in [0.5, 0.6) is 11.5 Å². The SMILES string of the molecule is Oc1c(O)c2ccc3ccc4ccc5ccc1c1c5c4c3c21. The summed E-state index contributed by atoms with van der Waals surface area (Å²) in [6.07, 6.45) is 0. The van der Waals surface area contributed by atoms with Crippen LogP contribution in [0, 0.1) is 0 Å². The molecule has 2 N–H and O–H groups in total. The third-order valence-corrected chi connectivity index (χ3v) is 5.13. The van der Waals surface area contributed by atoms with E-state index in [4.69, 9.17) is 0 Å². The van der Waals surface area contributed by atoms with Crippen molar-refractivity contribution in [3.8, 4) is 11.5 Å². The van der Waals surface area contributed by atoms with E-state index in [1.807, 2.05) is 24.3 Å². The van der Waals surface area contributed by atoms with Gasteiger partial charge in [-0.2, -0.15) is 0 Å². The van der Waals surface area contributed by atoms with Crippen molar-refractivity contribution in [3.05, 3.63) is 48.5 Å². The van der Waals surface area contributed by atoms with Gasteiger partial charge in [-0.05, 0) is 44.5 Å². The third-order valence-electron chi connectivity index (χ3n) is 5.13. The van der Waals surface area contributed by atoms with Crippen molar-refractivity contribution >= 4 is 53.9 Å². The topological polar surface area (TPSA) is 40.5 Å². The van der Waals surface area contributed by atoms with E-state index in [1.165, 1.54) is 32.3 Å². The smallest absolute Gasteiger partial charge is 0.166 e. The Hall–Kier alpha value is -3.00. The molecule has 0 aliphatic carbocycles. The summed E-state index contributed by atoms with van der Waals surface area (Å²) in [7, 11) is 0. The van der Waals surface area contributed by atoms with Crippen molar-refractivity contribution in [2.45, 2.75) is 0 Å². The molecule has 0 saturated carbocycles. The van der Waals surface area contributed by atoms with E-state index in [1.54, 1.807) is 0 Å². The fraction of sp³-hybridized carbons (Fsp3) is 0. The number of hydrogen-bond donors (Lipinski definition) is 2. The lowest BCUT2D eigenvalue weighted by Crippen LogP contribution is -1.80. The first-order valence-electron chi connectivity index (χ1n) is 7.34. The second-order valence-electron chi connectivity index (χ2n) is 6.10. The molecule has 2 heteroatoms. The molecule has 0 radical (unpaired) electrons. The first-order chi connectivity index (χ1) is 10.8. The Kier molecular flexibility index (Phi) is 1.50. The van der Waals surface area contributed by atoms with E-state index in [2.05, 4.69) is 24.3 Å². The summed E-state index contributed by atoms with van der Waals surface area (Å²) >= 11 is 0. The van der Waals surface area contributed by atoms with E-state index in [-0.39, 0.29) is 11.5 Å². The quantitative estimate of drug-likeness (QED) is 0.298. The van der Waals surface area contributed by atoms with E-state index >= 15 is 0 Å². The largest absolute Gasteiger partial charge is 0.504 e. The molecule has 102 valence electrons. The molecule has 6 aromatic carbocycles. The van der Waals surface area contributed by atoms with E-state index in [0.29, 0.717) is 0 Å². The van der Waals surface area contributed by atoms with Gasteiger partial charge in [-0.1, -0.05) is 36.4 Å². The number of aromatic hydroxyl groups is 2. The molecule has 0 heterocycles. The summed E-state index contributed by atoms with van der Waals surface area (Å²) in [6.45, 7) is 0. The maximum Gasteiger partial charge on any atom is 0.166 e. The van der Waals surface area contributed by atoms with Crippen molar-refractivity contribution in [1.82, 2.24) is 0 Å². The van der Waals surface area contributed by atoms with Gasteiger partial charge < -0.3 is 10.2 Å². The molecule has 0 unspecified atom stereocenters. The Labute approximate surface area is 124 Å². The molecular formula is C20H10O2. The lowest BCUT2D eigenvalue weighted by atomic mass is 9.98. The minimum absolute atomic E-state index is 0.0199. The average Bonchev–Trinajstić information content (AvgIpc) is 2.92. The lowest BCUT2D eigenvalue weighted by Gasteiger charge is -2.09. The van der Waals surface area contributed by atoms with E-state index < -0.39 is 0 Å². The van der Waals surface area contributed by atoms with Gasteiger partial charge in [-0.25, -0.2) is 0 Å². The zero-order chi connectivity index (χ0) is 14.6. The Morgan fingerprint density at radius 3 is 1.14 bits per heavy atom. The van der Waals surface area contributed by atoms with Crippen LogP contribution in [0.2, 0.25) is 0 Å². The second-order valence-corrected chi connectivity index (χ2v) is 6.10. The van der Waals surface area contributed by atoms with Crippen LogP contribution < -0.4 is 0 Å². The van der Waals surface area contributed by atoms with Gasteiger partial charge in [0.05, 0.1) is 0 Å². The molecule has 0 saturated heterocycles. The summed E-state index contributed by atoms with van der Waals surface area (Å²) in [6, 6.07) is 16.4. The molecule has 2 nitrogen and oxygen atoms in total. The minimum Gasteiger partial charge on any atom is -0.504 e. The minimum atomic E-state index is -0.0199. The number of rotatable bonds is 0. The molecule has 0 aromatic heterocycles. The molecule has 0 aliphatic heterocycles. The van der Waals surface area contributed by atoms with Gasteiger partial charge in [-0.3, -0.25) is 0 Å². The molecular weight excluding hydrogens is 272 g/mol. The molecule has 0 aliphatic rings. The monoisotopic (exact) mass is 282 g/mol. The predicted octanol–water partition coefficient (Wildman–Crippen LogP) is 5.18. The number of benzene rings is 5. The summed E-state index contributed by atoms with van der Waals surface area (Å²) in [5.74, 6) is -0.0397. The highest BCUT2D eigenvalue weighted by atomic mass is 16.3. The number of phenolic OH excluding ortho intramolecular Hbond substituents is 2. The van der Waals surface area contributed by atoms with Crippen LogP contribution in [0.25, 0.3) is 53.9 Å². The van der Waals surface area contributed by atoms with Crippen molar-refractivity contribution in [1.29, 1.82) is 0 Å². The van der Waals surface area contributed by atoms with Crippen molar-refractivity contribution in [2.24, 2.45) is 0 Å². The molecule has 0 fully saturated rings. The van der Waals surface area contributed by atoms with Crippen molar-refractivity contribution in [3.63, 3.8) is 0 Å². The first-order valence-corrected chi connectivity index (χ1v) is 7.34. The van der Waals surface area contributed by atoms with Crippen LogP contribution in [0.4, 0.5) is 0 Å². The lowest BCUT2D eigenvalue weighted by molar-refractivity contribution is 0.412. The highest BCUT2D eigenvalue weighted by Gasteiger charge is 2.23. The Morgan fingerprint density at radius 2 is 0.727 bits per heavy atom. The molecule has 22 heavy (non-hydrogen) atoms. The molecule has 0 atom stereocenters. The predicted molar refractivity (Wildman–Crippen MR) is 90.9 cm³/mol. The van der Waals surface area contributed by atoms with Gasteiger partial charge in [0.25, 0.3) is 0 Å². The molecule has 6 aromatic rings. The Morgan fingerprint density at radius 1 is 0.409 bits per heavy atom. The first kappa shape index (κ1) is 10.7. The Bertz CT molecular complexity index is 1230. The Balaban J connectivity index is 2.24. The normalized spacial score (nSPS) is 12.9. The van der Waals surface area contributed by atoms with Crippen LogP contribution in [0.1, 0.15) is 0 Å². The highest BCUT2D eigenvalue weighted by molar-refractivity contribution is 6.45. The zero-order valence-corrected chi connectivity index (χ0v) is 11.5. The van der Waals surface area contributed by atoms with Gasteiger partial charge in [-0.15, -0.1) is 0 Å². The fourth-order valence-corrected chi connectivity index (χ4v) is 4.22. The van der Waals surface area contributed by atoms with Crippen molar-refractivity contribution in [2.75, 3.05) is 0 Å². The molecule has 0 bridgehead atoms. The maximum atomic E-state index is 10.4. The molecule has 6 rings (SSSR count). The highest BCUT2D eigenvalue weighted by Crippen LogP contribution is 2.53. The summed E-state index contributed by atoms with van der Waals surface area (Å²) < 4.78 is 0. The van der Waals surface area contributed by atoms with Crippen LogP contribution in [0.3, 0.4) is 0 Å². The van der Waals surface area contributed by atoms with Gasteiger partial charge in [0.15, 0.2) is 11.5 Å². The summed E-state index contributed by atoms with van der Waals surface area (Å²) in [4.78, 5) is 0. The van der Waals surface area contributed by atoms with Gasteiger partial charge in [0.1, 0.15) is 0 Å². The van der Waals surface area contributed by atoms with Gasteiger partial charge in [0.2, 0.25) is 0 Å². The average molecular weight is 282 g/mol. The van der Waals surface area contributed by atoms with Crippen LogP contribution in [-0.4, -0.2) is 10.2 Å². The molecule has 0 spiro atoms. The van der Waals surface area contributed by atoms with Gasteiger partial charge >= 0.3 is 0 Å². The van der Waals surface area contributed by atoms with E-state index in [0.717, 1.165) is 21.5 Å². The van der Waals surface area contributed by atoms with Crippen LogP contribution >= 0.6 is 0 Å². The number of phenols is 2. The standard InChI is InChI=1S/C20H10O2/c21-19-12-7-5-10-3-1-9-2-4-11-6-8-13(20(19)22)18-16(11)14(9)15(10)17(12)18/h1-8,21-22H. The summed E-state index contributed by atoms with van der Waals surface area (Å²) in [5, 5.41) is 31.6. The van der Waals surface area contributed by atoms with Crippen LogP contribution in [0.15, 0.2) is 48.5 Å². The third kappa shape index (κ3) is 0.914. The summed E-state index contributed by atoms with van der Waals surface area (Å²) in [5.41, 5.74) is 0. The fourth-order valence-electron chi connectivity index (χ4n) is 4.22. The van der Waals surface area contributed by atoms with Crippen molar-refractivity contribution < 1.29 is 10.2 Å². The van der Waals surface area contributed by atoms with Gasteiger partial charge in [0, 0.05) is 21.5 Å². The molecule has 0 amide bonds. The second kappa shape index (κ2) is 3.09. The number of hydrogen-bond acceptors (Lipinski definition) is 2. The maximum absolute atomic E-state index is 10.4.